The lowest BCUT2D eigenvalue weighted by Crippen LogP contribution is -2.13. The number of carboxylic acids is 1. The van der Waals surface area contributed by atoms with Gasteiger partial charge in [0.25, 0.3) is 0 Å². The van der Waals surface area contributed by atoms with Crippen molar-refractivity contribution >= 4 is 5.97 Å². The van der Waals surface area contributed by atoms with Gasteiger partial charge in [0, 0.05) is 0 Å². The molecule has 0 radical (unpaired) electrons. The van der Waals surface area contributed by atoms with Crippen molar-refractivity contribution in [3.8, 4) is 0 Å². The largest absolute Gasteiger partial charge is 0.478 e. The van der Waals surface area contributed by atoms with Gasteiger partial charge in [-0.3, -0.25) is 0 Å². The van der Waals surface area contributed by atoms with Gasteiger partial charge in [0.05, 0.1) is 12.6 Å². The molecule has 4 N–H and O–H groups in total. The lowest BCUT2D eigenvalue weighted by atomic mass is 10.2. The van der Waals surface area contributed by atoms with Crippen molar-refractivity contribution in [2.24, 2.45) is 5.73 Å². The molecule has 0 aromatic carbocycles. The molecular weight excluding hydrogens is 174 g/mol. The normalized spacial score (nSPS) is 12.8. The lowest BCUT2D eigenvalue weighted by molar-refractivity contribution is 0.0695. The minimum Gasteiger partial charge on any atom is -0.478 e. The number of carbonyl (C=O) groups is 1. The van der Waals surface area contributed by atoms with Gasteiger partial charge in [-0.05, 0) is 13.0 Å². The lowest BCUT2D eigenvalue weighted by Gasteiger charge is -2.01. The molecule has 0 fully saturated rings. The molecule has 13 heavy (non-hydrogen) atoms. The molecule has 5 heteroatoms. The van der Waals surface area contributed by atoms with Crippen molar-refractivity contribution in [1.82, 2.24) is 0 Å². The number of aromatic carboxylic acids is 1. The molecule has 0 aliphatic rings. The number of rotatable bonds is 3. The predicted octanol–water partition coefficient (Wildman–Crippen LogP) is 0.278. The highest BCUT2D eigenvalue weighted by atomic mass is 16.4. The summed E-state index contributed by atoms with van der Waals surface area (Å²) in [4.78, 5) is 10.6. The second-order valence-electron chi connectivity index (χ2n) is 2.71. The highest BCUT2D eigenvalue weighted by Crippen LogP contribution is 2.18. The summed E-state index contributed by atoms with van der Waals surface area (Å²) in [5, 5.41) is 17.4. The van der Waals surface area contributed by atoms with E-state index in [1.807, 2.05) is 0 Å². The first-order valence-electron chi connectivity index (χ1n) is 3.76. The number of aliphatic hydroxyl groups is 1. The van der Waals surface area contributed by atoms with Gasteiger partial charge in [0.2, 0.25) is 0 Å². The van der Waals surface area contributed by atoms with Crippen LogP contribution < -0.4 is 5.73 Å². The third-order valence-electron chi connectivity index (χ3n) is 1.73. The Hall–Kier alpha value is -1.33. The predicted molar refractivity (Wildman–Crippen MR) is 44.4 cm³/mol. The molecule has 0 saturated heterocycles. The molecule has 0 spiro atoms. The van der Waals surface area contributed by atoms with Gasteiger partial charge in [0.15, 0.2) is 0 Å². The minimum atomic E-state index is -1.06. The summed E-state index contributed by atoms with van der Waals surface area (Å²) < 4.78 is 5.06. The van der Waals surface area contributed by atoms with Crippen LogP contribution in [0.15, 0.2) is 10.5 Å². The average molecular weight is 185 g/mol. The van der Waals surface area contributed by atoms with Crippen LogP contribution >= 0.6 is 0 Å². The molecule has 1 rings (SSSR count). The maximum absolute atomic E-state index is 10.6. The van der Waals surface area contributed by atoms with Crippen LogP contribution in [-0.4, -0.2) is 22.8 Å². The van der Waals surface area contributed by atoms with Crippen LogP contribution in [0.2, 0.25) is 0 Å². The number of nitrogens with two attached hydrogens (primary N) is 1. The molecule has 1 atom stereocenters. The van der Waals surface area contributed by atoms with E-state index >= 15 is 0 Å². The first-order valence-corrected chi connectivity index (χ1v) is 3.76. The molecule has 0 amide bonds. The Balaban J connectivity index is 3.01. The Morgan fingerprint density at radius 1 is 1.77 bits per heavy atom. The first kappa shape index (κ1) is 9.76. The van der Waals surface area contributed by atoms with Crippen molar-refractivity contribution in [2.75, 3.05) is 6.61 Å². The Kier molecular flexibility index (Phi) is 2.69. The van der Waals surface area contributed by atoms with E-state index < -0.39 is 12.0 Å². The monoisotopic (exact) mass is 185 g/mol. The Labute approximate surface area is 74.8 Å². The molecular formula is C8H11NO4. The summed E-state index contributed by atoms with van der Waals surface area (Å²) in [5.74, 6) is -0.471. The summed E-state index contributed by atoms with van der Waals surface area (Å²) >= 11 is 0. The van der Waals surface area contributed by atoms with Gasteiger partial charge in [-0.1, -0.05) is 0 Å². The summed E-state index contributed by atoms with van der Waals surface area (Å²) in [6.07, 6.45) is 0. The van der Waals surface area contributed by atoms with Gasteiger partial charge >= 0.3 is 5.97 Å². The zero-order valence-electron chi connectivity index (χ0n) is 7.15. The summed E-state index contributed by atoms with van der Waals surface area (Å²) in [6.45, 7) is 1.27. The van der Waals surface area contributed by atoms with E-state index in [2.05, 4.69) is 0 Å². The van der Waals surface area contributed by atoms with Gasteiger partial charge in [-0.25, -0.2) is 4.79 Å². The molecule has 1 heterocycles. The van der Waals surface area contributed by atoms with Crippen LogP contribution in [0.5, 0.6) is 0 Å². The van der Waals surface area contributed by atoms with E-state index in [4.69, 9.17) is 20.4 Å². The minimum absolute atomic E-state index is 0.0823. The van der Waals surface area contributed by atoms with Crippen LogP contribution in [0.25, 0.3) is 0 Å². The van der Waals surface area contributed by atoms with Gasteiger partial charge < -0.3 is 20.4 Å². The van der Waals surface area contributed by atoms with Crippen molar-refractivity contribution in [3.05, 3.63) is 23.2 Å². The smallest absolute Gasteiger partial charge is 0.339 e. The second-order valence-corrected chi connectivity index (χ2v) is 2.71. The Morgan fingerprint density at radius 3 is 2.77 bits per heavy atom. The molecule has 0 aliphatic heterocycles. The highest BCUT2D eigenvalue weighted by molar-refractivity contribution is 5.88. The van der Waals surface area contributed by atoms with Crippen LogP contribution in [0.1, 0.15) is 27.9 Å². The second kappa shape index (κ2) is 3.59. The number of hydrogen-bond donors (Lipinski definition) is 3. The van der Waals surface area contributed by atoms with E-state index in [0.717, 1.165) is 0 Å². The van der Waals surface area contributed by atoms with E-state index in [1.54, 1.807) is 0 Å². The van der Waals surface area contributed by atoms with Crippen LogP contribution in [0, 0.1) is 6.92 Å². The van der Waals surface area contributed by atoms with E-state index in [-0.39, 0.29) is 17.9 Å². The third-order valence-corrected chi connectivity index (χ3v) is 1.73. The number of carboxylic acid groups (broad SMARTS) is 1. The van der Waals surface area contributed by atoms with E-state index in [9.17, 15) is 4.79 Å². The maximum Gasteiger partial charge on any atom is 0.339 e. The molecule has 0 aliphatic carbocycles. The number of aryl methyl sites for hydroxylation is 1. The van der Waals surface area contributed by atoms with Crippen molar-refractivity contribution in [3.63, 3.8) is 0 Å². The average Bonchev–Trinajstić information content (AvgIpc) is 2.46. The zero-order valence-corrected chi connectivity index (χ0v) is 7.15. The Morgan fingerprint density at radius 2 is 2.38 bits per heavy atom. The summed E-state index contributed by atoms with van der Waals surface area (Å²) in [7, 11) is 0. The van der Waals surface area contributed by atoms with Crippen LogP contribution in [0.3, 0.4) is 0 Å². The molecule has 72 valence electrons. The van der Waals surface area contributed by atoms with E-state index in [1.165, 1.54) is 13.0 Å². The molecule has 5 nitrogen and oxygen atoms in total. The highest BCUT2D eigenvalue weighted by Gasteiger charge is 2.17. The fourth-order valence-electron chi connectivity index (χ4n) is 0.990. The molecule has 0 unspecified atom stereocenters. The molecule has 0 bridgehead atoms. The van der Waals surface area contributed by atoms with Crippen LogP contribution in [-0.2, 0) is 0 Å². The molecule has 1 aromatic heterocycles. The third kappa shape index (κ3) is 1.88. The van der Waals surface area contributed by atoms with E-state index in [0.29, 0.717) is 5.76 Å². The summed E-state index contributed by atoms with van der Waals surface area (Å²) in [6, 6.07) is 0.672. The summed E-state index contributed by atoms with van der Waals surface area (Å²) in [5.41, 5.74) is 5.52. The SMILES string of the molecule is Cc1oc([C@H](N)CO)cc1C(=O)O. The fraction of sp³-hybridized carbons (Fsp3) is 0.375. The first-order chi connectivity index (χ1) is 6.06. The zero-order chi connectivity index (χ0) is 10.0. The topological polar surface area (TPSA) is 96.7 Å². The quantitative estimate of drug-likeness (QED) is 0.628. The Bertz CT molecular complexity index is 318. The van der Waals surface area contributed by atoms with Crippen LogP contribution in [0.4, 0.5) is 0 Å². The van der Waals surface area contributed by atoms with Gasteiger partial charge in [-0.15, -0.1) is 0 Å². The number of furan rings is 1. The van der Waals surface area contributed by atoms with Crippen molar-refractivity contribution < 1.29 is 19.4 Å². The van der Waals surface area contributed by atoms with Gasteiger partial charge in [-0.2, -0.15) is 0 Å². The van der Waals surface area contributed by atoms with Crippen molar-refractivity contribution in [2.45, 2.75) is 13.0 Å². The number of hydrogen-bond acceptors (Lipinski definition) is 4. The van der Waals surface area contributed by atoms with Crippen molar-refractivity contribution in [1.29, 1.82) is 0 Å². The fourth-order valence-corrected chi connectivity index (χ4v) is 0.990. The van der Waals surface area contributed by atoms with Gasteiger partial charge in [0.1, 0.15) is 17.1 Å². The number of aliphatic hydroxyl groups excluding tert-OH is 1. The molecule has 1 aromatic rings. The maximum atomic E-state index is 10.6. The standard InChI is InChI=1S/C8H11NO4/c1-4-5(8(11)12)2-7(13-4)6(9)3-10/h2,6,10H,3,9H2,1H3,(H,11,12)/t6-/m1/s1. The molecule has 0 saturated carbocycles.